The van der Waals surface area contributed by atoms with Crippen molar-refractivity contribution in [2.24, 2.45) is 5.92 Å². The molecule has 1 aromatic rings. The van der Waals surface area contributed by atoms with Crippen LogP contribution in [0.1, 0.15) is 5.56 Å². The molecule has 0 fully saturated rings. The average Bonchev–Trinajstić information content (AvgIpc) is 2.35. The Hall–Kier alpha value is -1.16. The normalized spacial score (nSPS) is 15.6. The summed E-state index contributed by atoms with van der Waals surface area (Å²) < 4.78 is 10.9. The lowest BCUT2D eigenvalue weighted by Crippen LogP contribution is -2.16. The van der Waals surface area contributed by atoms with Crippen LogP contribution in [-0.4, -0.2) is 25.3 Å². The molecule has 0 saturated carbocycles. The lowest BCUT2D eigenvalue weighted by atomic mass is 10.0. The molecule has 1 atom stereocenters. The summed E-state index contributed by atoms with van der Waals surface area (Å²) in [5.74, 6) is 2.08. The number of carbonyl (C=O) groups excluding carboxylic acids is 1. The van der Waals surface area contributed by atoms with Crippen LogP contribution in [0, 0.1) is 5.92 Å². The third-order valence-corrected chi connectivity index (χ3v) is 3.00. The average molecular weight is 238 g/mol. The summed E-state index contributed by atoms with van der Waals surface area (Å²) in [4.78, 5) is 10.7. The first-order valence-corrected chi connectivity index (χ1v) is 5.91. The van der Waals surface area contributed by atoms with Gasteiger partial charge in [-0.3, -0.25) is 0 Å². The summed E-state index contributed by atoms with van der Waals surface area (Å²) in [5, 5.41) is 0. The Bertz CT molecular complexity index is 379. The highest BCUT2D eigenvalue weighted by Crippen LogP contribution is 2.31. The molecule has 0 radical (unpaired) electrons. The molecule has 1 heterocycles. The van der Waals surface area contributed by atoms with Gasteiger partial charge >= 0.3 is 0 Å². The molecule has 0 saturated heterocycles. The van der Waals surface area contributed by atoms with Crippen molar-refractivity contribution >= 4 is 18.9 Å². The fourth-order valence-electron chi connectivity index (χ4n) is 1.67. The first-order chi connectivity index (χ1) is 7.83. The monoisotopic (exact) mass is 238 g/mol. The van der Waals surface area contributed by atoms with Gasteiger partial charge in [-0.25, -0.2) is 0 Å². The van der Waals surface area contributed by atoms with Crippen LogP contribution < -0.4 is 9.47 Å². The largest absolute Gasteiger partial charge is 0.486 e. The zero-order valence-electron chi connectivity index (χ0n) is 8.89. The molecular weight excluding hydrogens is 224 g/mol. The van der Waals surface area contributed by atoms with Crippen LogP contribution in [0.4, 0.5) is 0 Å². The molecule has 0 amide bonds. The Morgan fingerprint density at radius 2 is 2.06 bits per heavy atom. The van der Waals surface area contributed by atoms with Crippen molar-refractivity contribution in [1.29, 1.82) is 0 Å². The fraction of sp³-hybridized carbons (Fsp3) is 0.417. The SMILES string of the molecule is O=CC(CS)Cc1ccc2c(c1)OCCO2. The molecule has 3 nitrogen and oxygen atoms in total. The van der Waals surface area contributed by atoms with Gasteiger partial charge in [0.2, 0.25) is 0 Å². The number of benzene rings is 1. The zero-order valence-corrected chi connectivity index (χ0v) is 9.78. The molecule has 1 aliphatic rings. The second-order valence-corrected chi connectivity index (χ2v) is 4.13. The van der Waals surface area contributed by atoms with Gasteiger partial charge in [-0.15, -0.1) is 0 Å². The highest BCUT2D eigenvalue weighted by molar-refractivity contribution is 7.80. The van der Waals surface area contributed by atoms with E-state index in [9.17, 15) is 4.79 Å². The van der Waals surface area contributed by atoms with E-state index in [1.165, 1.54) is 0 Å². The number of thiol groups is 1. The summed E-state index contributed by atoms with van der Waals surface area (Å²) >= 11 is 4.14. The lowest BCUT2D eigenvalue weighted by molar-refractivity contribution is -0.110. The van der Waals surface area contributed by atoms with Crippen molar-refractivity contribution in [2.45, 2.75) is 6.42 Å². The fourth-order valence-corrected chi connectivity index (χ4v) is 1.89. The molecule has 16 heavy (non-hydrogen) atoms. The molecule has 0 aromatic heterocycles. The summed E-state index contributed by atoms with van der Waals surface area (Å²) in [5.41, 5.74) is 1.08. The predicted molar refractivity (Wildman–Crippen MR) is 64.5 cm³/mol. The molecule has 86 valence electrons. The minimum absolute atomic E-state index is 0.0362. The third kappa shape index (κ3) is 2.50. The van der Waals surface area contributed by atoms with Crippen LogP contribution in [0.3, 0.4) is 0 Å². The smallest absolute Gasteiger partial charge is 0.161 e. The van der Waals surface area contributed by atoms with Crippen LogP contribution in [0.2, 0.25) is 0 Å². The third-order valence-electron chi connectivity index (χ3n) is 2.53. The van der Waals surface area contributed by atoms with Crippen LogP contribution in [0.15, 0.2) is 18.2 Å². The van der Waals surface area contributed by atoms with E-state index in [4.69, 9.17) is 9.47 Å². The molecule has 2 rings (SSSR count). The van der Waals surface area contributed by atoms with Crippen molar-refractivity contribution in [3.05, 3.63) is 23.8 Å². The van der Waals surface area contributed by atoms with E-state index in [-0.39, 0.29) is 5.92 Å². The van der Waals surface area contributed by atoms with Gasteiger partial charge in [0, 0.05) is 11.7 Å². The summed E-state index contributed by atoms with van der Waals surface area (Å²) in [6, 6.07) is 5.80. The number of hydrogen-bond acceptors (Lipinski definition) is 4. The van der Waals surface area contributed by atoms with Crippen LogP contribution in [-0.2, 0) is 11.2 Å². The van der Waals surface area contributed by atoms with Gasteiger partial charge in [-0.1, -0.05) is 6.07 Å². The van der Waals surface area contributed by atoms with Crippen LogP contribution >= 0.6 is 12.6 Å². The summed E-state index contributed by atoms with van der Waals surface area (Å²) in [6.07, 6.45) is 1.65. The number of aldehydes is 1. The first-order valence-electron chi connectivity index (χ1n) is 5.28. The summed E-state index contributed by atoms with van der Waals surface area (Å²) in [6.45, 7) is 1.18. The maximum Gasteiger partial charge on any atom is 0.161 e. The van der Waals surface area contributed by atoms with E-state index < -0.39 is 0 Å². The Morgan fingerprint density at radius 1 is 1.31 bits per heavy atom. The van der Waals surface area contributed by atoms with Gasteiger partial charge in [0.05, 0.1) is 0 Å². The Balaban J connectivity index is 2.13. The van der Waals surface area contributed by atoms with Gasteiger partial charge in [0.15, 0.2) is 11.5 Å². The van der Waals surface area contributed by atoms with Crippen molar-refractivity contribution in [3.63, 3.8) is 0 Å². The molecular formula is C12H14O3S. The topological polar surface area (TPSA) is 35.5 Å². The number of carbonyl (C=O) groups is 1. The maximum absolute atomic E-state index is 10.7. The highest BCUT2D eigenvalue weighted by Gasteiger charge is 2.13. The zero-order chi connectivity index (χ0) is 11.4. The van der Waals surface area contributed by atoms with Crippen LogP contribution in [0.25, 0.3) is 0 Å². The molecule has 1 aliphatic heterocycles. The molecule has 1 unspecified atom stereocenters. The van der Waals surface area contributed by atoms with Gasteiger partial charge in [-0.05, 0) is 24.1 Å². The van der Waals surface area contributed by atoms with E-state index in [2.05, 4.69) is 12.6 Å². The minimum atomic E-state index is -0.0362. The highest BCUT2D eigenvalue weighted by atomic mass is 32.1. The van der Waals surface area contributed by atoms with Crippen molar-refractivity contribution in [2.75, 3.05) is 19.0 Å². The number of rotatable bonds is 4. The predicted octanol–water partition coefficient (Wildman–Crippen LogP) is 1.75. The molecule has 0 aliphatic carbocycles. The van der Waals surface area contributed by atoms with E-state index in [0.29, 0.717) is 25.4 Å². The van der Waals surface area contributed by atoms with Gasteiger partial charge < -0.3 is 14.3 Å². The van der Waals surface area contributed by atoms with E-state index in [0.717, 1.165) is 23.3 Å². The maximum atomic E-state index is 10.7. The number of ether oxygens (including phenoxy) is 2. The Labute approximate surface area is 100 Å². The quantitative estimate of drug-likeness (QED) is 0.641. The summed E-state index contributed by atoms with van der Waals surface area (Å²) in [7, 11) is 0. The van der Waals surface area contributed by atoms with Gasteiger partial charge in [0.1, 0.15) is 19.5 Å². The minimum Gasteiger partial charge on any atom is -0.486 e. The number of hydrogen-bond donors (Lipinski definition) is 1. The molecule has 0 spiro atoms. The van der Waals surface area contributed by atoms with E-state index in [1.54, 1.807) is 0 Å². The van der Waals surface area contributed by atoms with Crippen molar-refractivity contribution in [1.82, 2.24) is 0 Å². The number of fused-ring (bicyclic) bond motifs is 1. The Kier molecular flexibility index (Phi) is 3.72. The standard InChI is InChI=1S/C12H14O3S/c13-7-10(8-16)5-9-1-2-11-12(6-9)15-4-3-14-11/h1-2,6-7,10,16H,3-5,8H2. The van der Waals surface area contributed by atoms with Gasteiger partial charge in [0.25, 0.3) is 0 Å². The van der Waals surface area contributed by atoms with E-state index >= 15 is 0 Å². The molecule has 1 aromatic carbocycles. The first kappa shape index (κ1) is 11.3. The lowest BCUT2D eigenvalue weighted by Gasteiger charge is -2.19. The molecule has 0 N–H and O–H groups in total. The van der Waals surface area contributed by atoms with E-state index in [1.807, 2.05) is 18.2 Å². The van der Waals surface area contributed by atoms with Crippen molar-refractivity contribution in [3.8, 4) is 11.5 Å². The van der Waals surface area contributed by atoms with Gasteiger partial charge in [-0.2, -0.15) is 12.6 Å². The molecule has 4 heteroatoms. The molecule has 0 bridgehead atoms. The Morgan fingerprint density at radius 3 is 2.75 bits per heavy atom. The second kappa shape index (κ2) is 5.25. The second-order valence-electron chi connectivity index (χ2n) is 3.76. The van der Waals surface area contributed by atoms with Crippen molar-refractivity contribution < 1.29 is 14.3 Å². The van der Waals surface area contributed by atoms with Crippen LogP contribution in [0.5, 0.6) is 11.5 Å².